The van der Waals surface area contributed by atoms with Crippen LogP contribution in [0.2, 0.25) is 0 Å². The quantitative estimate of drug-likeness (QED) is 0.891. The third-order valence-electron chi connectivity index (χ3n) is 5.23. The Morgan fingerprint density at radius 3 is 2.46 bits per heavy atom. The molecule has 5 nitrogen and oxygen atoms in total. The predicted octanol–water partition coefficient (Wildman–Crippen LogP) is 1.68. The number of piperidine rings is 1. The maximum absolute atomic E-state index is 12.2. The Bertz CT molecular complexity index is 509. The molecule has 132 valence electrons. The van der Waals surface area contributed by atoms with Gasteiger partial charge in [-0.15, -0.1) is 0 Å². The Morgan fingerprint density at radius 1 is 1.12 bits per heavy atom. The molecule has 1 atom stereocenters. The first kappa shape index (κ1) is 17.4. The zero-order chi connectivity index (χ0) is 16.8. The van der Waals surface area contributed by atoms with Gasteiger partial charge in [0.05, 0.1) is 19.3 Å². The van der Waals surface area contributed by atoms with E-state index >= 15 is 0 Å². The lowest BCUT2D eigenvalue weighted by atomic mass is 9.87. The topological polar surface area (TPSA) is 53.0 Å². The van der Waals surface area contributed by atoms with E-state index in [1.54, 1.807) is 0 Å². The van der Waals surface area contributed by atoms with Crippen LogP contribution in [0.4, 0.5) is 0 Å². The minimum atomic E-state index is -0.372. The van der Waals surface area contributed by atoms with Crippen molar-refractivity contribution in [2.45, 2.75) is 25.4 Å². The zero-order valence-corrected chi connectivity index (χ0v) is 14.3. The van der Waals surface area contributed by atoms with Crippen molar-refractivity contribution in [2.75, 3.05) is 45.9 Å². The van der Waals surface area contributed by atoms with Crippen LogP contribution in [0.25, 0.3) is 0 Å². The second-order valence-corrected chi connectivity index (χ2v) is 6.78. The van der Waals surface area contributed by atoms with Crippen molar-refractivity contribution in [3.8, 4) is 0 Å². The number of hydrogen-bond donors (Lipinski definition) is 1. The molecule has 3 rings (SSSR count). The first-order valence-corrected chi connectivity index (χ1v) is 9.05. The number of carbonyl (C=O) groups is 1. The Morgan fingerprint density at radius 2 is 1.79 bits per heavy atom. The van der Waals surface area contributed by atoms with E-state index in [9.17, 15) is 9.90 Å². The van der Waals surface area contributed by atoms with Crippen LogP contribution in [0.3, 0.4) is 0 Å². The smallest absolute Gasteiger partial charge is 0.224 e. The number of carbonyl (C=O) groups excluding carboxylic acids is 1. The number of aliphatic hydroxyl groups excluding tert-OH is 1. The second-order valence-electron chi connectivity index (χ2n) is 6.78. The molecule has 2 aliphatic heterocycles. The summed E-state index contributed by atoms with van der Waals surface area (Å²) >= 11 is 0. The van der Waals surface area contributed by atoms with Crippen LogP contribution in [-0.2, 0) is 9.53 Å². The average Bonchev–Trinajstić information content (AvgIpc) is 2.67. The molecular formula is C19H28N2O3. The van der Waals surface area contributed by atoms with Gasteiger partial charge in [0.1, 0.15) is 0 Å². The van der Waals surface area contributed by atoms with Crippen molar-refractivity contribution in [1.82, 2.24) is 9.80 Å². The minimum absolute atomic E-state index is 0.241. The van der Waals surface area contributed by atoms with Gasteiger partial charge in [0, 0.05) is 26.1 Å². The van der Waals surface area contributed by atoms with E-state index in [4.69, 9.17) is 4.74 Å². The average molecular weight is 332 g/mol. The molecule has 24 heavy (non-hydrogen) atoms. The lowest BCUT2D eigenvalue weighted by Gasteiger charge is -2.35. The van der Waals surface area contributed by atoms with Crippen LogP contribution in [0.15, 0.2) is 30.3 Å². The molecule has 2 aliphatic rings. The lowest BCUT2D eigenvalue weighted by Crippen LogP contribution is -2.43. The predicted molar refractivity (Wildman–Crippen MR) is 92.6 cm³/mol. The highest BCUT2D eigenvalue weighted by atomic mass is 16.5. The number of aliphatic hydroxyl groups is 1. The number of morpholine rings is 1. The molecule has 1 amide bonds. The van der Waals surface area contributed by atoms with E-state index in [1.165, 1.54) is 0 Å². The van der Waals surface area contributed by atoms with Gasteiger partial charge >= 0.3 is 0 Å². The fourth-order valence-corrected chi connectivity index (χ4v) is 3.64. The first-order chi connectivity index (χ1) is 11.7. The molecule has 0 spiro atoms. The van der Waals surface area contributed by atoms with Crippen molar-refractivity contribution in [3.63, 3.8) is 0 Å². The van der Waals surface area contributed by atoms with E-state index < -0.39 is 0 Å². The maximum Gasteiger partial charge on any atom is 0.224 e. The van der Waals surface area contributed by atoms with Crippen LogP contribution in [0.5, 0.6) is 0 Å². The van der Waals surface area contributed by atoms with E-state index in [-0.39, 0.29) is 12.0 Å². The molecule has 1 aromatic rings. The SMILES string of the molecule is O=C(CCN1CCC(C(O)c2ccccc2)CC1)N1CCOCC1. The zero-order valence-electron chi connectivity index (χ0n) is 14.3. The van der Waals surface area contributed by atoms with E-state index in [0.717, 1.165) is 51.1 Å². The van der Waals surface area contributed by atoms with Crippen LogP contribution in [0.1, 0.15) is 30.9 Å². The monoisotopic (exact) mass is 332 g/mol. The van der Waals surface area contributed by atoms with Crippen molar-refractivity contribution < 1.29 is 14.6 Å². The summed E-state index contributed by atoms with van der Waals surface area (Å²) in [6.45, 7) is 5.53. The Balaban J connectivity index is 1.39. The molecular weight excluding hydrogens is 304 g/mol. The third-order valence-corrected chi connectivity index (χ3v) is 5.23. The summed E-state index contributed by atoms with van der Waals surface area (Å²) in [5.74, 6) is 0.559. The largest absolute Gasteiger partial charge is 0.388 e. The van der Waals surface area contributed by atoms with Gasteiger partial charge in [-0.25, -0.2) is 0 Å². The molecule has 0 saturated carbocycles. The number of rotatable bonds is 5. The molecule has 1 unspecified atom stereocenters. The number of amides is 1. The van der Waals surface area contributed by atoms with Crippen LogP contribution in [0, 0.1) is 5.92 Å². The molecule has 1 N–H and O–H groups in total. The highest BCUT2D eigenvalue weighted by Gasteiger charge is 2.26. The molecule has 2 saturated heterocycles. The van der Waals surface area contributed by atoms with Crippen molar-refractivity contribution in [2.24, 2.45) is 5.92 Å². The van der Waals surface area contributed by atoms with Gasteiger partial charge in [-0.05, 0) is 37.4 Å². The first-order valence-electron chi connectivity index (χ1n) is 9.05. The number of hydrogen-bond acceptors (Lipinski definition) is 4. The van der Waals surface area contributed by atoms with E-state index in [2.05, 4.69) is 4.90 Å². The maximum atomic E-state index is 12.2. The van der Waals surface area contributed by atoms with Crippen LogP contribution >= 0.6 is 0 Å². The summed E-state index contributed by atoms with van der Waals surface area (Å²) in [5.41, 5.74) is 1.01. The minimum Gasteiger partial charge on any atom is -0.388 e. The van der Waals surface area contributed by atoms with E-state index in [0.29, 0.717) is 25.6 Å². The van der Waals surface area contributed by atoms with Crippen molar-refractivity contribution in [3.05, 3.63) is 35.9 Å². The van der Waals surface area contributed by atoms with Gasteiger partial charge in [0.15, 0.2) is 0 Å². The van der Waals surface area contributed by atoms with Gasteiger partial charge in [0.2, 0.25) is 5.91 Å². The molecule has 0 radical (unpaired) electrons. The van der Waals surface area contributed by atoms with Crippen LogP contribution in [-0.4, -0.2) is 66.8 Å². The standard InChI is InChI=1S/C19H28N2O3/c22-18(21-12-14-24-15-13-21)8-11-20-9-6-17(7-10-20)19(23)16-4-2-1-3-5-16/h1-5,17,19,23H,6-15H2. The molecule has 2 heterocycles. The summed E-state index contributed by atoms with van der Waals surface area (Å²) in [5, 5.41) is 10.5. The second kappa shape index (κ2) is 8.60. The Hall–Kier alpha value is -1.43. The summed E-state index contributed by atoms with van der Waals surface area (Å²) in [7, 11) is 0. The van der Waals surface area contributed by atoms with Gasteiger partial charge in [-0.2, -0.15) is 0 Å². The summed E-state index contributed by atoms with van der Waals surface area (Å²) in [4.78, 5) is 16.5. The van der Waals surface area contributed by atoms with Crippen LogP contribution < -0.4 is 0 Å². The lowest BCUT2D eigenvalue weighted by molar-refractivity contribution is -0.135. The normalized spacial score (nSPS) is 21.6. The molecule has 0 bridgehead atoms. The summed E-state index contributed by atoms with van der Waals surface area (Å²) < 4.78 is 5.29. The van der Waals surface area contributed by atoms with Crippen molar-refractivity contribution in [1.29, 1.82) is 0 Å². The summed E-state index contributed by atoms with van der Waals surface area (Å²) in [6.07, 6.45) is 2.19. The number of nitrogens with zero attached hydrogens (tertiary/aromatic N) is 2. The third kappa shape index (κ3) is 4.56. The highest BCUT2D eigenvalue weighted by Crippen LogP contribution is 2.30. The number of likely N-dealkylation sites (tertiary alicyclic amines) is 1. The molecule has 1 aromatic carbocycles. The van der Waals surface area contributed by atoms with Gasteiger partial charge < -0.3 is 19.6 Å². The van der Waals surface area contributed by atoms with Crippen molar-refractivity contribution >= 4 is 5.91 Å². The fraction of sp³-hybridized carbons (Fsp3) is 0.632. The molecule has 2 fully saturated rings. The molecule has 0 aromatic heterocycles. The number of benzene rings is 1. The number of ether oxygens (including phenoxy) is 1. The van der Waals surface area contributed by atoms with Gasteiger partial charge in [-0.1, -0.05) is 30.3 Å². The highest BCUT2D eigenvalue weighted by molar-refractivity contribution is 5.76. The molecule has 5 heteroatoms. The van der Waals surface area contributed by atoms with Gasteiger partial charge in [-0.3, -0.25) is 4.79 Å². The van der Waals surface area contributed by atoms with E-state index in [1.807, 2.05) is 35.2 Å². The molecule has 0 aliphatic carbocycles. The summed E-state index contributed by atoms with van der Waals surface area (Å²) in [6, 6.07) is 9.93. The van der Waals surface area contributed by atoms with Gasteiger partial charge in [0.25, 0.3) is 0 Å². The fourth-order valence-electron chi connectivity index (χ4n) is 3.64. The Kier molecular flexibility index (Phi) is 6.24. The Labute approximate surface area is 144 Å².